The van der Waals surface area contributed by atoms with E-state index in [1.54, 1.807) is 24.3 Å². The Labute approximate surface area is 193 Å². The van der Waals surface area contributed by atoms with Gasteiger partial charge in [-0.1, -0.05) is 24.3 Å². The molecule has 4 rings (SSSR count). The Morgan fingerprint density at radius 3 is 2.52 bits per heavy atom. The van der Waals surface area contributed by atoms with Crippen molar-refractivity contribution in [1.29, 1.82) is 0 Å². The summed E-state index contributed by atoms with van der Waals surface area (Å²) in [4.78, 5) is 16.4. The lowest BCUT2D eigenvalue weighted by molar-refractivity contribution is 0.0981. The first-order valence-electron chi connectivity index (χ1n) is 10.7. The third kappa shape index (κ3) is 6.55. The van der Waals surface area contributed by atoms with Gasteiger partial charge in [-0.3, -0.25) is 4.79 Å². The first-order chi connectivity index (χ1) is 15.8. The van der Waals surface area contributed by atoms with Crippen molar-refractivity contribution in [1.82, 2.24) is 9.71 Å². The maximum atomic E-state index is 11.9. The topological polar surface area (TPSA) is 94.6 Å². The zero-order valence-electron chi connectivity index (χ0n) is 18.6. The van der Waals surface area contributed by atoms with Crippen molar-refractivity contribution in [2.45, 2.75) is 26.4 Å². The van der Waals surface area contributed by atoms with E-state index >= 15 is 0 Å². The Balaban J connectivity index is 1.38. The minimum Gasteiger partial charge on any atom is -0.489 e. The molecule has 1 amide bonds. The molecule has 0 aliphatic heterocycles. The maximum Gasteiger partial charge on any atom is 0.264 e. The molecule has 8 heteroatoms. The number of hydrogen-bond donors (Lipinski definition) is 1. The van der Waals surface area contributed by atoms with E-state index in [-0.39, 0.29) is 5.56 Å². The van der Waals surface area contributed by atoms with Crippen molar-refractivity contribution in [3.63, 3.8) is 0 Å². The summed E-state index contributed by atoms with van der Waals surface area (Å²) in [5.41, 5.74) is 4.21. The van der Waals surface area contributed by atoms with Crippen LogP contribution in [0.3, 0.4) is 0 Å². The smallest absolute Gasteiger partial charge is 0.264 e. The van der Waals surface area contributed by atoms with E-state index in [9.17, 15) is 13.2 Å². The van der Waals surface area contributed by atoms with Gasteiger partial charge in [-0.05, 0) is 66.6 Å². The van der Waals surface area contributed by atoms with Crippen LogP contribution >= 0.6 is 0 Å². The van der Waals surface area contributed by atoms with E-state index in [2.05, 4.69) is 4.98 Å². The maximum absolute atomic E-state index is 11.9. The van der Waals surface area contributed by atoms with Gasteiger partial charge in [0.15, 0.2) is 0 Å². The Kier molecular flexibility index (Phi) is 6.65. The molecule has 1 aliphatic carbocycles. The normalized spacial score (nSPS) is 13.4. The molecule has 0 radical (unpaired) electrons. The number of rotatable bonds is 9. The second kappa shape index (κ2) is 9.62. The van der Waals surface area contributed by atoms with Crippen LogP contribution in [0.25, 0.3) is 11.1 Å². The van der Waals surface area contributed by atoms with Gasteiger partial charge >= 0.3 is 0 Å². The first kappa shape index (κ1) is 22.8. The molecule has 33 heavy (non-hydrogen) atoms. The van der Waals surface area contributed by atoms with Crippen LogP contribution in [0, 0.1) is 12.8 Å². The third-order valence-corrected chi connectivity index (χ3v) is 5.85. The van der Waals surface area contributed by atoms with E-state index < -0.39 is 15.9 Å². The Bertz CT molecular complexity index is 1250. The Hall–Kier alpha value is -3.39. The lowest BCUT2D eigenvalue weighted by atomic mass is 10.0. The van der Waals surface area contributed by atoms with Gasteiger partial charge in [0.05, 0.1) is 12.9 Å². The van der Waals surface area contributed by atoms with Crippen LogP contribution in [0.15, 0.2) is 60.8 Å². The van der Waals surface area contributed by atoms with Crippen molar-refractivity contribution in [3.8, 4) is 22.8 Å². The summed E-state index contributed by atoms with van der Waals surface area (Å²) >= 11 is 0. The predicted octanol–water partition coefficient (Wildman–Crippen LogP) is 4.11. The molecule has 1 heterocycles. The molecule has 2 aromatic carbocycles. The fourth-order valence-electron chi connectivity index (χ4n) is 3.30. The van der Waals surface area contributed by atoms with Crippen molar-refractivity contribution in [2.24, 2.45) is 5.92 Å². The fraction of sp³-hybridized carbons (Fsp3) is 0.280. The molecule has 7 nitrogen and oxygen atoms in total. The minimum atomic E-state index is -3.60. The highest BCUT2D eigenvalue weighted by Gasteiger charge is 2.22. The number of aryl methyl sites for hydroxylation is 1. The summed E-state index contributed by atoms with van der Waals surface area (Å²) in [6.45, 7) is 3.08. The molecule has 0 atom stereocenters. The van der Waals surface area contributed by atoms with Crippen LogP contribution in [0.4, 0.5) is 0 Å². The first-order valence-corrected chi connectivity index (χ1v) is 12.6. The second-order valence-electron chi connectivity index (χ2n) is 8.31. The van der Waals surface area contributed by atoms with Crippen LogP contribution in [0.1, 0.15) is 34.3 Å². The third-order valence-electron chi connectivity index (χ3n) is 5.29. The number of carbonyl (C=O) groups excluding carboxylic acids is 1. The molecule has 3 aromatic rings. The van der Waals surface area contributed by atoms with Crippen LogP contribution in [-0.4, -0.2) is 32.2 Å². The number of nitrogens with one attached hydrogen (secondary N) is 1. The lowest BCUT2D eigenvalue weighted by Crippen LogP contribution is -2.29. The van der Waals surface area contributed by atoms with Crippen molar-refractivity contribution >= 4 is 15.9 Å². The van der Waals surface area contributed by atoms with Crippen molar-refractivity contribution in [2.75, 3.05) is 12.9 Å². The number of aromatic nitrogens is 1. The molecule has 1 N–H and O–H groups in total. The van der Waals surface area contributed by atoms with Gasteiger partial charge in [-0.15, -0.1) is 0 Å². The molecule has 0 unspecified atom stereocenters. The van der Waals surface area contributed by atoms with Crippen LogP contribution in [0.2, 0.25) is 0 Å². The fourth-order valence-corrected chi connectivity index (χ4v) is 3.75. The van der Waals surface area contributed by atoms with Crippen LogP contribution in [0.5, 0.6) is 11.6 Å². The summed E-state index contributed by atoms with van der Waals surface area (Å²) < 4.78 is 36.0. The number of ether oxygens (including phenoxy) is 2. The second-order valence-corrected chi connectivity index (χ2v) is 10.1. The molecule has 0 bridgehead atoms. The minimum absolute atomic E-state index is 0.263. The van der Waals surface area contributed by atoms with Crippen molar-refractivity contribution < 1.29 is 22.7 Å². The number of hydrogen-bond acceptors (Lipinski definition) is 6. The van der Waals surface area contributed by atoms with Gasteiger partial charge in [0, 0.05) is 23.4 Å². The Morgan fingerprint density at radius 2 is 1.85 bits per heavy atom. The summed E-state index contributed by atoms with van der Waals surface area (Å²) in [6, 6.07) is 16.3. The predicted molar refractivity (Wildman–Crippen MR) is 126 cm³/mol. The number of amides is 1. The van der Waals surface area contributed by atoms with E-state index in [0.717, 1.165) is 35.1 Å². The van der Waals surface area contributed by atoms with Crippen molar-refractivity contribution in [3.05, 3.63) is 77.5 Å². The number of benzene rings is 2. The van der Waals surface area contributed by atoms with Gasteiger partial charge in [0.1, 0.15) is 12.4 Å². The highest BCUT2D eigenvalue weighted by Crippen LogP contribution is 2.31. The highest BCUT2D eigenvalue weighted by molar-refractivity contribution is 7.89. The summed E-state index contributed by atoms with van der Waals surface area (Å²) in [7, 11) is -3.60. The van der Waals surface area contributed by atoms with E-state index in [1.807, 2.05) is 48.2 Å². The molecule has 1 saturated carbocycles. The molecular weight excluding hydrogens is 440 g/mol. The SMILES string of the molecule is Cc1cc(OCC2CC2)ncc1-c1cccc(OCc2ccc(C(=O)NS(C)(=O)=O)cc2)c1. The van der Waals surface area contributed by atoms with Gasteiger partial charge in [-0.25, -0.2) is 18.1 Å². The molecule has 172 valence electrons. The zero-order valence-corrected chi connectivity index (χ0v) is 19.4. The van der Waals surface area contributed by atoms with Gasteiger partial charge in [0.2, 0.25) is 15.9 Å². The Morgan fingerprint density at radius 1 is 1.09 bits per heavy atom. The van der Waals surface area contributed by atoms with E-state index in [4.69, 9.17) is 9.47 Å². The standard InChI is InChI=1S/C25H26N2O5S/c1-17-12-24(32-16-18-6-7-18)26-14-23(17)21-4-3-5-22(13-21)31-15-19-8-10-20(11-9-19)25(28)27-33(2,29)30/h3-5,8-14,18H,6-7,15-16H2,1-2H3,(H,27,28). The number of nitrogens with zero attached hydrogens (tertiary/aromatic N) is 1. The summed E-state index contributed by atoms with van der Waals surface area (Å²) in [6.07, 6.45) is 5.26. The molecule has 1 aromatic heterocycles. The molecule has 0 saturated heterocycles. The van der Waals surface area contributed by atoms with E-state index in [1.165, 1.54) is 12.8 Å². The molecule has 0 spiro atoms. The average Bonchev–Trinajstić information content (AvgIpc) is 3.60. The van der Waals surface area contributed by atoms with Crippen LogP contribution in [-0.2, 0) is 16.6 Å². The number of pyridine rings is 1. The highest BCUT2D eigenvalue weighted by atomic mass is 32.2. The number of carbonyl (C=O) groups is 1. The monoisotopic (exact) mass is 466 g/mol. The van der Waals surface area contributed by atoms with Gasteiger partial charge in [0.25, 0.3) is 5.91 Å². The summed E-state index contributed by atoms with van der Waals surface area (Å²) in [5.74, 6) is 1.39. The molecular formula is C25H26N2O5S. The quantitative estimate of drug-likeness (QED) is 0.510. The van der Waals surface area contributed by atoms with Crippen LogP contribution < -0.4 is 14.2 Å². The summed E-state index contributed by atoms with van der Waals surface area (Å²) in [5, 5.41) is 0. The van der Waals surface area contributed by atoms with Gasteiger partial charge < -0.3 is 9.47 Å². The zero-order chi connectivity index (χ0) is 23.4. The number of sulfonamides is 1. The molecule has 1 fully saturated rings. The lowest BCUT2D eigenvalue weighted by Gasteiger charge is -2.11. The average molecular weight is 467 g/mol. The van der Waals surface area contributed by atoms with E-state index in [0.29, 0.717) is 24.2 Å². The van der Waals surface area contributed by atoms with Gasteiger partial charge in [-0.2, -0.15) is 0 Å². The molecule has 1 aliphatic rings. The largest absolute Gasteiger partial charge is 0.489 e.